The Balaban J connectivity index is 1.47. The molecule has 3 aromatic rings. The highest BCUT2D eigenvalue weighted by Gasteiger charge is 2.30. The topological polar surface area (TPSA) is 89.2 Å². The van der Waals surface area contributed by atoms with Crippen LogP contribution in [0.25, 0.3) is 11.1 Å². The molecule has 4 heterocycles. The minimum atomic E-state index is -0.371. The number of fused-ring (bicyclic) bond motifs is 1. The number of benzene rings is 1. The van der Waals surface area contributed by atoms with Crippen molar-refractivity contribution >= 4 is 17.5 Å². The van der Waals surface area contributed by atoms with Crippen LogP contribution in [0.3, 0.4) is 0 Å². The lowest BCUT2D eigenvalue weighted by Gasteiger charge is -2.29. The van der Waals surface area contributed by atoms with Gasteiger partial charge >= 0.3 is 6.03 Å². The molecule has 0 aliphatic carbocycles. The second kappa shape index (κ2) is 8.86. The van der Waals surface area contributed by atoms with E-state index in [4.69, 9.17) is 9.84 Å². The molecule has 0 unspecified atom stereocenters. The number of urea groups is 1. The van der Waals surface area contributed by atoms with Crippen LogP contribution >= 0.6 is 0 Å². The molecule has 174 valence electrons. The lowest BCUT2D eigenvalue weighted by molar-refractivity contribution is 0.0652. The lowest BCUT2D eigenvalue weighted by Crippen LogP contribution is -2.41. The highest BCUT2D eigenvalue weighted by molar-refractivity contribution is 5.75. The van der Waals surface area contributed by atoms with Gasteiger partial charge in [-0.1, -0.05) is 6.07 Å². The standard InChI is InChI=1S/C23H28FN7O2/c1-25-23(32)30-8-5-21-18(14-30)22(28-31(21)17-6-9-33-10-7-17)27-20-4-3-15(11-19(20)24)16-12-26-29(2)13-16/h3-4,11-13,17H,5-10,14H2,1-2H3,(H,25,32)(H,27,28). The summed E-state index contributed by atoms with van der Waals surface area (Å²) < 4.78 is 24.3. The van der Waals surface area contributed by atoms with Crippen LogP contribution in [0.1, 0.15) is 30.1 Å². The van der Waals surface area contributed by atoms with E-state index in [1.54, 1.807) is 28.9 Å². The summed E-state index contributed by atoms with van der Waals surface area (Å²) in [4.78, 5) is 14.0. The Labute approximate surface area is 191 Å². The highest BCUT2D eigenvalue weighted by atomic mass is 19.1. The number of hydrogen-bond acceptors (Lipinski definition) is 5. The number of anilines is 2. The third-order valence-electron chi connectivity index (χ3n) is 6.38. The third-order valence-corrected chi connectivity index (χ3v) is 6.38. The van der Waals surface area contributed by atoms with Crippen molar-refractivity contribution < 1.29 is 13.9 Å². The van der Waals surface area contributed by atoms with E-state index in [-0.39, 0.29) is 17.9 Å². The molecule has 33 heavy (non-hydrogen) atoms. The van der Waals surface area contributed by atoms with Crippen LogP contribution in [0.2, 0.25) is 0 Å². The second-order valence-corrected chi connectivity index (χ2v) is 8.51. The molecule has 0 saturated carbocycles. The maximum absolute atomic E-state index is 15.1. The van der Waals surface area contributed by atoms with Gasteiger partial charge < -0.3 is 20.3 Å². The van der Waals surface area contributed by atoms with Crippen LogP contribution in [-0.4, -0.2) is 57.3 Å². The molecule has 0 bridgehead atoms. The molecular formula is C23H28FN7O2. The first kappa shape index (κ1) is 21.4. The van der Waals surface area contributed by atoms with Crippen LogP contribution in [0.15, 0.2) is 30.6 Å². The first-order valence-corrected chi connectivity index (χ1v) is 11.2. The quantitative estimate of drug-likeness (QED) is 0.633. The van der Waals surface area contributed by atoms with E-state index in [2.05, 4.69) is 20.4 Å². The SMILES string of the molecule is CNC(=O)N1CCc2c(c(Nc3ccc(-c4cnn(C)c4)cc3F)nn2C2CCOCC2)C1. The number of aryl methyl sites for hydroxylation is 1. The predicted molar refractivity (Wildman–Crippen MR) is 122 cm³/mol. The highest BCUT2D eigenvalue weighted by Crippen LogP contribution is 2.34. The largest absolute Gasteiger partial charge is 0.381 e. The maximum atomic E-state index is 15.1. The summed E-state index contributed by atoms with van der Waals surface area (Å²) in [5.74, 6) is 0.225. The maximum Gasteiger partial charge on any atom is 0.317 e. The Morgan fingerprint density at radius 3 is 2.76 bits per heavy atom. The van der Waals surface area contributed by atoms with E-state index >= 15 is 4.39 Å². The number of rotatable bonds is 4. The molecule has 1 aromatic carbocycles. The van der Waals surface area contributed by atoms with Crippen molar-refractivity contribution in [2.24, 2.45) is 7.05 Å². The fourth-order valence-electron chi connectivity index (χ4n) is 4.60. The summed E-state index contributed by atoms with van der Waals surface area (Å²) in [6.07, 6.45) is 6.04. The summed E-state index contributed by atoms with van der Waals surface area (Å²) in [5, 5.41) is 14.9. The van der Waals surface area contributed by atoms with Crippen molar-refractivity contribution in [2.75, 3.05) is 32.1 Å². The van der Waals surface area contributed by atoms with Gasteiger partial charge in [0.05, 0.1) is 24.5 Å². The van der Waals surface area contributed by atoms with Gasteiger partial charge in [-0.05, 0) is 30.5 Å². The van der Waals surface area contributed by atoms with E-state index in [1.807, 2.05) is 19.3 Å². The van der Waals surface area contributed by atoms with Crippen LogP contribution in [-0.2, 0) is 24.8 Å². The van der Waals surface area contributed by atoms with Gasteiger partial charge in [0.2, 0.25) is 0 Å². The average Bonchev–Trinajstić information content (AvgIpc) is 3.44. The fourth-order valence-corrected chi connectivity index (χ4v) is 4.60. The van der Waals surface area contributed by atoms with Gasteiger partial charge in [0, 0.05) is 63.3 Å². The minimum Gasteiger partial charge on any atom is -0.381 e. The van der Waals surface area contributed by atoms with Crippen molar-refractivity contribution in [1.82, 2.24) is 29.8 Å². The number of halogens is 1. The molecule has 9 nitrogen and oxygen atoms in total. The number of carbonyl (C=O) groups excluding carboxylic acids is 1. The molecule has 2 amide bonds. The van der Waals surface area contributed by atoms with E-state index in [9.17, 15) is 4.79 Å². The number of aromatic nitrogens is 4. The van der Waals surface area contributed by atoms with Gasteiger partial charge in [-0.15, -0.1) is 0 Å². The molecule has 2 aliphatic heterocycles. The molecule has 2 aliphatic rings. The fraction of sp³-hybridized carbons (Fsp3) is 0.435. The minimum absolute atomic E-state index is 0.127. The average molecular weight is 454 g/mol. The van der Waals surface area contributed by atoms with E-state index < -0.39 is 0 Å². The van der Waals surface area contributed by atoms with E-state index in [0.29, 0.717) is 44.2 Å². The van der Waals surface area contributed by atoms with Crippen molar-refractivity contribution in [1.29, 1.82) is 0 Å². The number of hydrogen-bond donors (Lipinski definition) is 2. The number of nitrogens with one attached hydrogen (secondary N) is 2. The van der Waals surface area contributed by atoms with E-state index in [0.717, 1.165) is 35.2 Å². The number of carbonyl (C=O) groups is 1. The molecule has 5 rings (SSSR count). The molecule has 0 radical (unpaired) electrons. The van der Waals surface area contributed by atoms with E-state index in [1.165, 1.54) is 6.07 Å². The Morgan fingerprint density at radius 1 is 1.24 bits per heavy atom. The third kappa shape index (κ3) is 4.18. The molecule has 2 N–H and O–H groups in total. The molecule has 0 spiro atoms. The van der Waals surface area contributed by atoms with Gasteiger partial charge in [0.15, 0.2) is 5.82 Å². The summed E-state index contributed by atoms with van der Waals surface area (Å²) in [6.45, 7) is 2.46. The van der Waals surface area contributed by atoms with Gasteiger partial charge in [-0.2, -0.15) is 10.2 Å². The van der Waals surface area contributed by atoms with Gasteiger partial charge in [0.1, 0.15) is 5.82 Å². The first-order chi connectivity index (χ1) is 16.0. The van der Waals surface area contributed by atoms with Gasteiger partial charge in [-0.3, -0.25) is 9.36 Å². The zero-order valence-corrected chi connectivity index (χ0v) is 18.8. The Bertz CT molecular complexity index is 1170. The number of amides is 2. The normalized spacial score (nSPS) is 16.5. The molecule has 1 fully saturated rings. The zero-order valence-electron chi connectivity index (χ0n) is 18.8. The molecular weight excluding hydrogens is 425 g/mol. The monoisotopic (exact) mass is 453 g/mol. The summed E-state index contributed by atoms with van der Waals surface area (Å²) in [6, 6.07) is 5.20. The summed E-state index contributed by atoms with van der Waals surface area (Å²) in [5.41, 5.74) is 4.00. The Morgan fingerprint density at radius 2 is 2.06 bits per heavy atom. The van der Waals surface area contributed by atoms with Crippen molar-refractivity contribution in [3.8, 4) is 11.1 Å². The number of ether oxygens (including phenoxy) is 1. The van der Waals surface area contributed by atoms with Gasteiger partial charge in [0.25, 0.3) is 0 Å². The molecule has 1 saturated heterocycles. The van der Waals surface area contributed by atoms with Crippen LogP contribution < -0.4 is 10.6 Å². The summed E-state index contributed by atoms with van der Waals surface area (Å²) >= 11 is 0. The first-order valence-electron chi connectivity index (χ1n) is 11.2. The lowest BCUT2D eigenvalue weighted by atomic mass is 10.0. The van der Waals surface area contributed by atoms with Crippen LogP contribution in [0.4, 0.5) is 20.7 Å². The smallest absolute Gasteiger partial charge is 0.317 e. The molecule has 2 aromatic heterocycles. The Hall–Kier alpha value is -3.40. The predicted octanol–water partition coefficient (Wildman–Crippen LogP) is 3.22. The van der Waals surface area contributed by atoms with Crippen LogP contribution in [0.5, 0.6) is 0 Å². The van der Waals surface area contributed by atoms with Crippen LogP contribution in [0, 0.1) is 5.82 Å². The van der Waals surface area contributed by atoms with Crippen molar-refractivity contribution in [2.45, 2.75) is 31.8 Å². The zero-order chi connectivity index (χ0) is 22.9. The van der Waals surface area contributed by atoms with Crippen molar-refractivity contribution in [3.63, 3.8) is 0 Å². The van der Waals surface area contributed by atoms with Crippen molar-refractivity contribution in [3.05, 3.63) is 47.7 Å². The van der Waals surface area contributed by atoms with Gasteiger partial charge in [-0.25, -0.2) is 9.18 Å². The number of nitrogens with zero attached hydrogens (tertiary/aromatic N) is 5. The molecule has 10 heteroatoms. The molecule has 0 atom stereocenters. The Kier molecular flexibility index (Phi) is 5.76. The summed E-state index contributed by atoms with van der Waals surface area (Å²) in [7, 11) is 3.46. The second-order valence-electron chi connectivity index (χ2n) is 8.51.